The number of fused-ring (bicyclic) bond motifs is 3. The first kappa shape index (κ1) is 60.6. The maximum absolute atomic E-state index is 14.0. The number of azide groups is 1. The standard InChI is InChI=1S/C52H58N7O21P/c1-26-43(62)34(20-38(78-26)80-36-22-52(72,37(61)24-60)21-32-40(36)47(66)42-41(45(32)64)44(63)31-6-5-7-35(75-4)39(31)46(42)65)56-50(70)76-25-28-10-14-30(15-11-28)79-51(71)58(2)17-18-59(3)81(73,74)77-19-16-33(49(68)69)55-48(67)29-12-8-27(9-13-29)23-54-57-53/h5-15,26,33-34,36,38,43,60,62,64,66,72H,16-25H2,1-4H3,(H,55,67)(H,56,70)(H,68,69)(H,73,74)/t26-,33-,34?,36-,38-,43+,52-/m0/s1. The van der Waals surface area contributed by atoms with Crippen LogP contribution in [0.4, 0.5) is 9.59 Å². The molecule has 3 aliphatic rings. The molecule has 1 aliphatic heterocycles. The second-order valence-electron chi connectivity index (χ2n) is 19.2. The minimum absolute atomic E-state index is 0.0166. The van der Waals surface area contributed by atoms with Gasteiger partial charge in [-0.3, -0.25) is 23.7 Å². The minimum atomic E-state index is -4.52. The fraction of sp³-hybridized carbons (Fsp3) is 0.404. The van der Waals surface area contributed by atoms with Gasteiger partial charge in [0.15, 0.2) is 17.9 Å². The van der Waals surface area contributed by atoms with Crippen LogP contribution in [0.3, 0.4) is 0 Å². The smallest absolute Gasteiger partial charge is 0.415 e. The molecule has 1 saturated heterocycles. The molecule has 2 unspecified atom stereocenters. The molecule has 9 N–H and O–H groups in total. The van der Waals surface area contributed by atoms with Crippen LogP contribution < -0.4 is 20.1 Å². The Bertz CT molecular complexity index is 3190. The van der Waals surface area contributed by atoms with E-state index in [2.05, 4.69) is 20.7 Å². The second-order valence-corrected chi connectivity index (χ2v) is 21.1. The number of rotatable bonds is 22. The Morgan fingerprint density at radius 1 is 0.963 bits per heavy atom. The summed E-state index contributed by atoms with van der Waals surface area (Å²) in [5.74, 6) is -6.47. The number of hydrogen-bond acceptors (Lipinski definition) is 20. The second kappa shape index (κ2) is 25.6. The number of aromatic hydroxyl groups is 2. The van der Waals surface area contributed by atoms with Gasteiger partial charge in [-0.25, -0.2) is 23.6 Å². The number of ether oxygens (including phenoxy) is 5. The van der Waals surface area contributed by atoms with E-state index < -0.39 is 140 Å². The SMILES string of the molecule is COc1cccc2c1C(=O)c1c(O)c3c(c(O)c1C2=O)C[C@@](O)(C(=O)CO)C[C@@H]3O[C@H]1CC(NC(=O)OCc2ccc(OC(=O)N(C)CCN(C)P(=O)(O)OCC[C@H](NC(=O)c3ccc(CN=[N+]=[N-])cc3)C(=O)O)cc2)[C@H](O)[C@H](C)O1. The molecule has 0 radical (unpaired) electrons. The van der Waals surface area contributed by atoms with Gasteiger partial charge in [0.2, 0.25) is 5.78 Å². The molecule has 1 fully saturated rings. The summed E-state index contributed by atoms with van der Waals surface area (Å²) < 4.78 is 47.3. The van der Waals surface area contributed by atoms with Crippen LogP contribution in [-0.2, 0) is 52.5 Å². The van der Waals surface area contributed by atoms with Crippen LogP contribution in [0.1, 0.15) is 96.7 Å². The van der Waals surface area contributed by atoms with Gasteiger partial charge in [0.25, 0.3) is 5.91 Å². The molecule has 29 heteroatoms. The van der Waals surface area contributed by atoms with Gasteiger partial charge in [-0.1, -0.05) is 41.5 Å². The third kappa shape index (κ3) is 13.6. The Labute approximate surface area is 460 Å². The molecule has 8 atom stereocenters. The zero-order valence-corrected chi connectivity index (χ0v) is 44.8. The molecule has 2 aliphatic carbocycles. The number of carboxylic acids is 1. The summed E-state index contributed by atoms with van der Waals surface area (Å²) in [5, 5.41) is 74.0. The van der Waals surface area contributed by atoms with Crippen LogP contribution >= 0.6 is 7.75 Å². The number of ketones is 3. The molecule has 4 aromatic rings. The van der Waals surface area contributed by atoms with E-state index in [-0.39, 0.29) is 78.4 Å². The largest absolute Gasteiger partial charge is 0.507 e. The molecule has 0 bridgehead atoms. The zero-order chi connectivity index (χ0) is 59.1. The van der Waals surface area contributed by atoms with Gasteiger partial charge >= 0.3 is 25.9 Å². The van der Waals surface area contributed by atoms with Crippen molar-refractivity contribution < 1.29 is 102 Å². The van der Waals surface area contributed by atoms with Crippen LogP contribution in [0.5, 0.6) is 23.0 Å². The summed E-state index contributed by atoms with van der Waals surface area (Å²) in [7, 11) is -0.638. The molecule has 1 heterocycles. The molecule has 7 rings (SSSR count). The lowest BCUT2D eigenvalue weighted by molar-refractivity contribution is -0.249. The maximum atomic E-state index is 14.0. The molecule has 0 aromatic heterocycles. The molecule has 3 amide bonds. The Balaban J connectivity index is 0.898. The highest BCUT2D eigenvalue weighted by Gasteiger charge is 2.50. The summed E-state index contributed by atoms with van der Waals surface area (Å²) in [5.41, 5.74) is 5.19. The van der Waals surface area contributed by atoms with Crippen LogP contribution in [0.25, 0.3) is 10.4 Å². The summed E-state index contributed by atoms with van der Waals surface area (Å²) >= 11 is 0. The van der Waals surface area contributed by atoms with Gasteiger partial charge in [-0.05, 0) is 61.0 Å². The molecule has 0 saturated carbocycles. The van der Waals surface area contributed by atoms with Crippen molar-refractivity contribution in [3.8, 4) is 23.0 Å². The summed E-state index contributed by atoms with van der Waals surface area (Å²) in [6.07, 6.45) is -9.19. The van der Waals surface area contributed by atoms with E-state index in [0.717, 1.165) is 9.57 Å². The molecule has 0 spiro atoms. The van der Waals surface area contributed by atoms with E-state index in [1.165, 1.54) is 94.9 Å². The number of phenols is 2. The predicted molar refractivity (Wildman–Crippen MR) is 277 cm³/mol. The molecular weight excluding hydrogens is 1090 g/mol. The number of carbonyl (C=O) groups is 7. The number of benzene rings is 4. The van der Waals surface area contributed by atoms with E-state index in [4.69, 9.17) is 33.7 Å². The van der Waals surface area contributed by atoms with E-state index in [9.17, 15) is 73.7 Å². The number of hydrogen-bond donors (Lipinski definition) is 9. The van der Waals surface area contributed by atoms with Crippen LogP contribution in [0.15, 0.2) is 71.8 Å². The van der Waals surface area contributed by atoms with Crippen LogP contribution in [0.2, 0.25) is 0 Å². The van der Waals surface area contributed by atoms with Gasteiger partial charge in [0.1, 0.15) is 54.0 Å². The number of methoxy groups -OCH3 is 1. The van der Waals surface area contributed by atoms with Crippen molar-refractivity contribution in [3.05, 3.63) is 127 Å². The number of carboxylic acid groups (broad SMARTS) is 1. The quantitative estimate of drug-likeness (QED) is 0.0157. The minimum Gasteiger partial charge on any atom is -0.507 e. The Morgan fingerprint density at radius 3 is 2.30 bits per heavy atom. The highest BCUT2D eigenvalue weighted by molar-refractivity contribution is 7.50. The number of Topliss-reactive ketones (excluding diaryl/α,β-unsaturated/α-hetero) is 1. The lowest BCUT2D eigenvalue weighted by atomic mass is 9.72. The van der Waals surface area contributed by atoms with Crippen molar-refractivity contribution in [1.29, 1.82) is 0 Å². The Kier molecular flexibility index (Phi) is 19.2. The number of aliphatic carboxylic acids is 1. The molecular formula is C52H58N7O21P. The summed E-state index contributed by atoms with van der Waals surface area (Å²) in [6, 6.07) is 13.3. The molecule has 4 aromatic carbocycles. The molecule has 432 valence electrons. The lowest BCUT2D eigenvalue weighted by Gasteiger charge is -2.42. The van der Waals surface area contributed by atoms with Crippen molar-refractivity contribution in [1.82, 2.24) is 20.2 Å². The van der Waals surface area contributed by atoms with E-state index >= 15 is 0 Å². The van der Waals surface area contributed by atoms with Gasteiger partial charge < -0.3 is 74.8 Å². The topological polar surface area (TPSA) is 413 Å². The predicted octanol–water partition coefficient (Wildman–Crippen LogP) is 3.53. The van der Waals surface area contributed by atoms with E-state index in [0.29, 0.717) is 11.1 Å². The van der Waals surface area contributed by atoms with Crippen molar-refractivity contribution in [2.24, 2.45) is 5.11 Å². The number of aliphatic hydroxyl groups is 3. The van der Waals surface area contributed by atoms with Crippen LogP contribution in [0, 0.1) is 0 Å². The number of amides is 3. The Morgan fingerprint density at radius 2 is 1.64 bits per heavy atom. The first-order valence-electron chi connectivity index (χ1n) is 24.9. The number of nitrogens with zero attached hydrogens (tertiary/aromatic N) is 5. The van der Waals surface area contributed by atoms with E-state index in [1.807, 2.05) is 0 Å². The van der Waals surface area contributed by atoms with Crippen molar-refractivity contribution in [2.75, 3.05) is 47.5 Å². The third-order valence-corrected chi connectivity index (χ3v) is 15.4. The number of likely N-dealkylation sites (N-methyl/N-ethyl adjacent to an activating group) is 2. The number of alkyl carbamates (subject to hydrolysis) is 1. The fourth-order valence-corrected chi connectivity index (χ4v) is 10.2. The normalized spacial score (nSPS) is 21.2. The molecule has 28 nitrogen and oxygen atoms in total. The third-order valence-electron chi connectivity index (χ3n) is 13.9. The van der Waals surface area contributed by atoms with Gasteiger partial charge in [0.05, 0.1) is 55.2 Å². The Hall–Kier alpha value is -8.01. The summed E-state index contributed by atoms with van der Waals surface area (Å²) in [6.45, 7) is -0.814. The highest BCUT2D eigenvalue weighted by Crippen LogP contribution is 2.53. The van der Waals surface area contributed by atoms with Gasteiger partial charge in [-0.2, -0.15) is 0 Å². The zero-order valence-electron chi connectivity index (χ0n) is 43.9. The number of carbonyl (C=O) groups excluding carboxylic acids is 6. The highest BCUT2D eigenvalue weighted by atomic mass is 31.2. The number of nitrogens with one attached hydrogen (secondary N) is 2. The van der Waals surface area contributed by atoms with Crippen molar-refractivity contribution >= 4 is 49.2 Å². The van der Waals surface area contributed by atoms with E-state index in [1.54, 1.807) is 0 Å². The number of aliphatic hydroxyl groups excluding tert-OH is 2. The number of phenolic OH excluding ortho intramolecular Hbond substituents is 2. The van der Waals surface area contributed by atoms with Gasteiger partial charge in [0, 0.05) is 73.0 Å². The maximum Gasteiger partial charge on any atom is 0.415 e. The molecule has 81 heavy (non-hydrogen) atoms. The van der Waals surface area contributed by atoms with Crippen molar-refractivity contribution in [3.63, 3.8) is 0 Å². The van der Waals surface area contributed by atoms with Gasteiger partial charge in [-0.15, -0.1) is 0 Å². The fourth-order valence-electron chi connectivity index (χ4n) is 9.31. The van der Waals surface area contributed by atoms with Crippen molar-refractivity contribution in [2.45, 2.75) is 88.0 Å². The van der Waals surface area contributed by atoms with Crippen LogP contribution in [-0.4, -0.2) is 170 Å². The average Bonchev–Trinajstić information content (AvgIpc) is 3.60. The first-order chi connectivity index (χ1) is 38.4. The first-order valence-corrected chi connectivity index (χ1v) is 26.4. The lowest BCUT2D eigenvalue weighted by Crippen LogP contribution is -2.56. The average molecular weight is 1150 g/mol. The summed E-state index contributed by atoms with van der Waals surface area (Å²) in [4.78, 5) is 106. The monoisotopic (exact) mass is 1150 g/mol.